The number of hydrogen-bond acceptors (Lipinski definition) is 3. The van der Waals surface area contributed by atoms with Crippen molar-refractivity contribution in [3.05, 3.63) is 42.0 Å². The predicted octanol–water partition coefficient (Wildman–Crippen LogP) is 4.00. The van der Waals surface area contributed by atoms with Gasteiger partial charge in [-0.1, -0.05) is 24.3 Å². The third kappa shape index (κ3) is 3.15. The summed E-state index contributed by atoms with van der Waals surface area (Å²) in [4.78, 5) is 22.9. The van der Waals surface area contributed by atoms with Gasteiger partial charge < -0.3 is 4.74 Å². The molecule has 1 amide bonds. The van der Waals surface area contributed by atoms with E-state index >= 15 is 0 Å². The Balaban J connectivity index is 2.36. The predicted molar refractivity (Wildman–Crippen MR) is 79.2 cm³/mol. The quantitative estimate of drug-likeness (QED) is 0.840. The van der Waals surface area contributed by atoms with Crippen molar-refractivity contribution in [3.63, 3.8) is 0 Å². The zero-order valence-corrected chi connectivity index (χ0v) is 11.8. The van der Waals surface area contributed by atoms with Crippen LogP contribution in [0.3, 0.4) is 0 Å². The van der Waals surface area contributed by atoms with Gasteiger partial charge in [-0.05, 0) is 38.3 Å². The van der Waals surface area contributed by atoms with Crippen molar-refractivity contribution in [2.75, 3.05) is 5.32 Å². The van der Waals surface area contributed by atoms with Crippen LogP contribution < -0.4 is 5.32 Å². The van der Waals surface area contributed by atoms with Gasteiger partial charge in [0, 0.05) is 10.9 Å². The highest BCUT2D eigenvalue weighted by Gasteiger charge is 2.17. The standard InChI is InChI=1S/C16H17NO3/c1-16(2,3)20-15(19)17-14-9-8-11(10-18)12-6-4-5-7-13(12)14/h4-10H,1-3H3,(H,17,19). The second kappa shape index (κ2) is 5.33. The number of carbonyl (C=O) groups is 2. The number of anilines is 1. The first kappa shape index (κ1) is 14.1. The topological polar surface area (TPSA) is 55.4 Å². The molecule has 2 aromatic rings. The van der Waals surface area contributed by atoms with Crippen molar-refractivity contribution in [3.8, 4) is 0 Å². The van der Waals surface area contributed by atoms with E-state index in [0.717, 1.165) is 17.1 Å². The van der Waals surface area contributed by atoms with Crippen LogP contribution in [0.15, 0.2) is 36.4 Å². The van der Waals surface area contributed by atoms with E-state index in [1.165, 1.54) is 0 Å². The summed E-state index contributed by atoms with van der Waals surface area (Å²) in [6, 6.07) is 10.8. The molecule has 4 nitrogen and oxygen atoms in total. The molecule has 0 saturated carbocycles. The highest BCUT2D eigenvalue weighted by atomic mass is 16.6. The van der Waals surface area contributed by atoms with E-state index < -0.39 is 11.7 Å². The van der Waals surface area contributed by atoms with Gasteiger partial charge in [0.1, 0.15) is 5.60 Å². The Hall–Kier alpha value is -2.36. The Morgan fingerprint density at radius 2 is 1.75 bits per heavy atom. The second-order valence-electron chi connectivity index (χ2n) is 5.49. The van der Waals surface area contributed by atoms with Crippen LogP contribution in [0.4, 0.5) is 10.5 Å². The molecule has 0 unspecified atom stereocenters. The van der Waals surface area contributed by atoms with Crippen LogP contribution in [0.2, 0.25) is 0 Å². The minimum absolute atomic E-state index is 0.512. The number of rotatable bonds is 2. The highest BCUT2D eigenvalue weighted by molar-refractivity contribution is 6.06. The molecule has 2 rings (SSSR count). The summed E-state index contributed by atoms with van der Waals surface area (Å²) in [7, 11) is 0. The van der Waals surface area contributed by atoms with Crippen molar-refractivity contribution < 1.29 is 14.3 Å². The van der Waals surface area contributed by atoms with E-state index in [1.54, 1.807) is 32.9 Å². The van der Waals surface area contributed by atoms with Gasteiger partial charge in [0.25, 0.3) is 0 Å². The van der Waals surface area contributed by atoms with Gasteiger partial charge >= 0.3 is 6.09 Å². The van der Waals surface area contributed by atoms with Gasteiger partial charge in [-0.25, -0.2) is 4.79 Å². The zero-order chi connectivity index (χ0) is 14.8. The van der Waals surface area contributed by atoms with Crippen LogP contribution in [0.1, 0.15) is 31.1 Å². The first-order valence-electron chi connectivity index (χ1n) is 6.37. The molecule has 0 saturated heterocycles. The lowest BCUT2D eigenvalue weighted by Gasteiger charge is -2.20. The summed E-state index contributed by atoms with van der Waals surface area (Å²) in [6.07, 6.45) is 0.293. The van der Waals surface area contributed by atoms with Gasteiger partial charge in [-0.2, -0.15) is 0 Å². The molecule has 0 aliphatic heterocycles. The lowest BCUT2D eigenvalue weighted by atomic mass is 10.0. The van der Waals surface area contributed by atoms with Crippen LogP contribution in [-0.4, -0.2) is 18.0 Å². The molecule has 0 heterocycles. The Labute approximate surface area is 117 Å². The third-order valence-corrected chi connectivity index (χ3v) is 2.72. The number of benzene rings is 2. The van der Waals surface area contributed by atoms with Crippen molar-refractivity contribution in [2.45, 2.75) is 26.4 Å². The van der Waals surface area contributed by atoms with Crippen molar-refractivity contribution in [2.24, 2.45) is 0 Å². The second-order valence-corrected chi connectivity index (χ2v) is 5.49. The minimum Gasteiger partial charge on any atom is -0.444 e. The van der Waals surface area contributed by atoms with Crippen molar-refractivity contribution >= 4 is 28.8 Å². The van der Waals surface area contributed by atoms with Crippen LogP contribution in [0, 0.1) is 0 Å². The van der Waals surface area contributed by atoms with Crippen LogP contribution in [0.25, 0.3) is 10.8 Å². The monoisotopic (exact) mass is 271 g/mol. The molecule has 104 valence electrons. The van der Waals surface area contributed by atoms with E-state index in [9.17, 15) is 9.59 Å². The normalized spacial score (nSPS) is 11.2. The number of aldehydes is 1. The number of ether oxygens (including phenoxy) is 1. The van der Waals surface area contributed by atoms with E-state index in [-0.39, 0.29) is 0 Å². The fraction of sp³-hybridized carbons (Fsp3) is 0.250. The molecule has 0 atom stereocenters. The molecule has 0 bridgehead atoms. The summed E-state index contributed by atoms with van der Waals surface area (Å²) >= 11 is 0. The number of hydrogen-bond donors (Lipinski definition) is 1. The number of nitrogens with one attached hydrogen (secondary N) is 1. The van der Waals surface area contributed by atoms with Crippen LogP contribution in [0.5, 0.6) is 0 Å². The molecule has 2 aromatic carbocycles. The Morgan fingerprint density at radius 1 is 1.10 bits per heavy atom. The lowest BCUT2D eigenvalue weighted by Crippen LogP contribution is -2.27. The molecular formula is C16H17NO3. The zero-order valence-electron chi connectivity index (χ0n) is 11.8. The molecule has 0 aliphatic rings. The molecule has 0 fully saturated rings. The Morgan fingerprint density at radius 3 is 2.35 bits per heavy atom. The summed E-state index contributed by atoms with van der Waals surface area (Å²) in [5.41, 5.74) is 0.665. The van der Waals surface area contributed by atoms with Crippen molar-refractivity contribution in [1.82, 2.24) is 0 Å². The van der Waals surface area contributed by atoms with Crippen LogP contribution >= 0.6 is 0 Å². The van der Waals surface area contributed by atoms with E-state index in [1.807, 2.05) is 24.3 Å². The molecule has 0 aliphatic carbocycles. The maximum Gasteiger partial charge on any atom is 0.412 e. The summed E-state index contributed by atoms with van der Waals surface area (Å²) in [6.45, 7) is 5.42. The summed E-state index contributed by atoms with van der Waals surface area (Å²) < 4.78 is 5.23. The fourth-order valence-corrected chi connectivity index (χ4v) is 1.95. The summed E-state index contributed by atoms with van der Waals surface area (Å²) in [5.74, 6) is 0. The molecule has 1 N–H and O–H groups in total. The van der Waals surface area contributed by atoms with E-state index in [0.29, 0.717) is 11.3 Å². The van der Waals surface area contributed by atoms with Gasteiger partial charge in [-0.15, -0.1) is 0 Å². The minimum atomic E-state index is -0.553. The number of fused-ring (bicyclic) bond motifs is 1. The maximum atomic E-state index is 11.8. The molecule has 0 spiro atoms. The Bertz CT molecular complexity index is 656. The van der Waals surface area contributed by atoms with Gasteiger partial charge in [-0.3, -0.25) is 10.1 Å². The average molecular weight is 271 g/mol. The number of amides is 1. The maximum absolute atomic E-state index is 11.8. The van der Waals surface area contributed by atoms with Gasteiger partial charge in [0.15, 0.2) is 6.29 Å². The van der Waals surface area contributed by atoms with E-state index in [4.69, 9.17) is 4.74 Å². The molecular weight excluding hydrogens is 254 g/mol. The highest BCUT2D eigenvalue weighted by Crippen LogP contribution is 2.26. The molecule has 4 heteroatoms. The summed E-state index contributed by atoms with van der Waals surface area (Å²) in [5, 5.41) is 4.33. The first-order chi connectivity index (χ1) is 9.40. The molecule has 20 heavy (non-hydrogen) atoms. The third-order valence-electron chi connectivity index (χ3n) is 2.72. The Kier molecular flexibility index (Phi) is 3.74. The average Bonchev–Trinajstić information content (AvgIpc) is 2.37. The SMILES string of the molecule is CC(C)(C)OC(=O)Nc1ccc(C=O)c2ccccc12. The van der Waals surface area contributed by atoms with Gasteiger partial charge in [0.2, 0.25) is 0 Å². The smallest absolute Gasteiger partial charge is 0.412 e. The number of carbonyl (C=O) groups excluding carboxylic acids is 2. The van der Waals surface area contributed by atoms with Crippen LogP contribution in [-0.2, 0) is 4.74 Å². The van der Waals surface area contributed by atoms with Crippen molar-refractivity contribution in [1.29, 1.82) is 0 Å². The molecule has 0 radical (unpaired) electrons. The molecule has 0 aromatic heterocycles. The first-order valence-corrected chi connectivity index (χ1v) is 6.37. The largest absolute Gasteiger partial charge is 0.444 e. The van der Waals surface area contributed by atoms with E-state index in [2.05, 4.69) is 5.32 Å². The van der Waals surface area contributed by atoms with Gasteiger partial charge in [0.05, 0.1) is 5.69 Å². The fourth-order valence-electron chi connectivity index (χ4n) is 1.95. The lowest BCUT2D eigenvalue weighted by molar-refractivity contribution is 0.0636.